The van der Waals surface area contributed by atoms with E-state index >= 15 is 0 Å². The van der Waals surface area contributed by atoms with E-state index in [0.29, 0.717) is 15.9 Å². The van der Waals surface area contributed by atoms with Gasteiger partial charge in [-0.2, -0.15) is 0 Å². The summed E-state index contributed by atoms with van der Waals surface area (Å²) in [6, 6.07) is 10.3. The van der Waals surface area contributed by atoms with Gasteiger partial charge in [0.25, 0.3) is 0 Å². The van der Waals surface area contributed by atoms with Crippen molar-refractivity contribution in [2.75, 3.05) is 11.6 Å². The smallest absolute Gasteiger partial charge is 0.234 e. The zero-order valence-corrected chi connectivity index (χ0v) is 16.9. The van der Waals surface area contributed by atoms with Gasteiger partial charge in [-0.05, 0) is 35.6 Å². The minimum Gasteiger partial charge on any atom is -0.301 e. The van der Waals surface area contributed by atoms with Gasteiger partial charge in [-0.15, -0.1) is 11.3 Å². The quantitative estimate of drug-likeness (QED) is 0.640. The van der Waals surface area contributed by atoms with Crippen LogP contribution in [0.3, 0.4) is 0 Å². The summed E-state index contributed by atoms with van der Waals surface area (Å²) in [7, 11) is -3.28. The summed E-state index contributed by atoms with van der Waals surface area (Å²) >= 11 is 8.62. The molecule has 3 rings (SSSR count). The maximum atomic E-state index is 12.8. The van der Waals surface area contributed by atoms with Crippen LogP contribution in [-0.2, 0) is 21.1 Å². The molecule has 9 heteroatoms. The Morgan fingerprint density at radius 1 is 1.27 bits per heavy atom. The van der Waals surface area contributed by atoms with Gasteiger partial charge in [0.05, 0.1) is 17.0 Å². The third-order valence-electron chi connectivity index (χ3n) is 3.72. The molecule has 1 amide bonds. The Labute approximate surface area is 164 Å². The number of benzene rings is 1. The van der Waals surface area contributed by atoms with E-state index in [1.54, 1.807) is 23.5 Å². The highest BCUT2D eigenvalue weighted by molar-refractivity contribution is 7.90. The summed E-state index contributed by atoms with van der Waals surface area (Å²) in [5, 5.41) is 5.18. The van der Waals surface area contributed by atoms with Crippen LogP contribution >= 0.6 is 34.3 Å². The van der Waals surface area contributed by atoms with E-state index in [2.05, 4.69) is 10.3 Å². The van der Waals surface area contributed by atoms with Crippen LogP contribution in [0.1, 0.15) is 16.4 Å². The molecular weight excluding hydrogens is 412 g/mol. The molecule has 2 heterocycles. The van der Waals surface area contributed by atoms with E-state index in [4.69, 9.17) is 11.6 Å². The predicted molar refractivity (Wildman–Crippen MR) is 106 cm³/mol. The maximum Gasteiger partial charge on any atom is 0.234 e. The predicted octanol–water partition coefficient (Wildman–Crippen LogP) is 4.23. The standard InChI is InChI=1S/C17H15ClN2O3S3/c1-26(22,23)13-6-4-11(5-7-13)14(9-12-3-2-8-24-12)16(21)20-17-19-10-15(18)25-17/h2-8,10,14H,9H2,1H3,(H,19,20,21). The number of carbonyl (C=O) groups is 1. The summed E-state index contributed by atoms with van der Waals surface area (Å²) in [5.74, 6) is -0.679. The monoisotopic (exact) mass is 426 g/mol. The Balaban J connectivity index is 1.88. The van der Waals surface area contributed by atoms with Gasteiger partial charge < -0.3 is 5.32 Å². The normalized spacial score (nSPS) is 12.7. The van der Waals surface area contributed by atoms with Gasteiger partial charge >= 0.3 is 0 Å². The number of thiazole rings is 1. The molecule has 0 saturated carbocycles. The zero-order chi connectivity index (χ0) is 18.7. The van der Waals surface area contributed by atoms with Crippen LogP contribution in [0.15, 0.2) is 52.9 Å². The highest BCUT2D eigenvalue weighted by atomic mass is 35.5. The molecule has 0 radical (unpaired) electrons. The highest BCUT2D eigenvalue weighted by Crippen LogP contribution is 2.28. The number of anilines is 1. The molecule has 26 heavy (non-hydrogen) atoms. The lowest BCUT2D eigenvalue weighted by atomic mass is 9.94. The van der Waals surface area contributed by atoms with Gasteiger partial charge in [0.1, 0.15) is 4.34 Å². The molecule has 0 aliphatic rings. The number of hydrogen-bond donors (Lipinski definition) is 1. The lowest BCUT2D eigenvalue weighted by molar-refractivity contribution is -0.117. The van der Waals surface area contributed by atoms with Gasteiger partial charge in [0.15, 0.2) is 15.0 Å². The van der Waals surface area contributed by atoms with Crippen LogP contribution in [-0.4, -0.2) is 25.6 Å². The molecule has 0 aliphatic carbocycles. The number of carbonyl (C=O) groups excluding carboxylic acids is 1. The summed E-state index contributed by atoms with van der Waals surface area (Å²) in [6.45, 7) is 0. The SMILES string of the molecule is CS(=O)(=O)c1ccc(C(Cc2cccs2)C(=O)Nc2ncc(Cl)s2)cc1. The summed E-state index contributed by atoms with van der Waals surface area (Å²) in [6.07, 6.45) is 3.15. The molecule has 5 nitrogen and oxygen atoms in total. The number of sulfone groups is 1. The number of aromatic nitrogens is 1. The Morgan fingerprint density at radius 3 is 2.54 bits per heavy atom. The van der Waals surface area contributed by atoms with Crippen molar-refractivity contribution in [2.45, 2.75) is 17.2 Å². The molecule has 0 fully saturated rings. The lowest BCUT2D eigenvalue weighted by Crippen LogP contribution is -2.22. The van der Waals surface area contributed by atoms with Crippen LogP contribution < -0.4 is 5.32 Å². The van der Waals surface area contributed by atoms with E-state index in [0.717, 1.165) is 16.7 Å². The summed E-state index contributed by atoms with van der Waals surface area (Å²) < 4.78 is 23.8. The van der Waals surface area contributed by atoms with Gasteiger partial charge in [0.2, 0.25) is 5.91 Å². The largest absolute Gasteiger partial charge is 0.301 e. The fourth-order valence-corrected chi connectivity index (χ4v) is 4.64. The average molecular weight is 427 g/mol. The number of nitrogens with one attached hydrogen (secondary N) is 1. The van der Waals surface area contributed by atoms with Crippen molar-refractivity contribution in [1.29, 1.82) is 0 Å². The number of rotatable bonds is 6. The zero-order valence-electron chi connectivity index (χ0n) is 13.7. The number of halogens is 1. The average Bonchev–Trinajstić information content (AvgIpc) is 3.23. The number of hydrogen-bond acceptors (Lipinski definition) is 6. The van der Waals surface area contributed by atoms with Crippen molar-refractivity contribution in [1.82, 2.24) is 4.98 Å². The molecule has 136 valence electrons. The Bertz CT molecular complexity index is 996. The van der Waals surface area contributed by atoms with E-state index in [1.807, 2.05) is 17.5 Å². The van der Waals surface area contributed by atoms with Gasteiger partial charge in [-0.25, -0.2) is 13.4 Å². The van der Waals surface area contributed by atoms with Crippen molar-refractivity contribution in [2.24, 2.45) is 0 Å². The Morgan fingerprint density at radius 2 is 2.00 bits per heavy atom. The molecule has 1 atom stereocenters. The second-order valence-electron chi connectivity index (χ2n) is 5.64. The van der Waals surface area contributed by atoms with Crippen molar-refractivity contribution < 1.29 is 13.2 Å². The summed E-state index contributed by atoms with van der Waals surface area (Å²) in [5.41, 5.74) is 0.742. The molecule has 1 unspecified atom stereocenters. The van der Waals surface area contributed by atoms with Crippen molar-refractivity contribution in [3.63, 3.8) is 0 Å². The first kappa shape index (κ1) is 19.0. The van der Waals surface area contributed by atoms with E-state index < -0.39 is 15.8 Å². The molecule has 1 N–H and O–H groups in total. The van der Waals surface area contributed by atoms with Crippen LogP contribution in [0.25, 0.3) is 0 Å². The summed E-state index contributed by atoms with van der Waals surface area (Å²) in [4.78, 5) is 18.2. The molecule has 0 spiro atoms. The lowest BCUT2D eigenvalue weighted by Gasteiger charge is -2.16. The van der Waals surface area contributed by atoms with Gasteiger partial charge in [-0.1, -0.05) is 41.1 Å². The molecular formula is C17H15ClN2O3S3. The second-order valence-corrected chi connectivity index (χ2v) is 10.3. The van der Waals surface area contributed by atoms with Gasteiger partial charge in [0, 0.05) is 11.1 Å². The van der Waals surface area contributed by atoms with Crippen molar-refractivity contribution in [3.8, 4) is 0 Å². The first-order valence-electron chi connectivity index (χ1n) is 7.57. The Kier molecular flexibility index (Phi) is 5.76. The number of amides is 1. The molecule has 0 bridgehead atoms. The molecule has 0 saturated heterocycles. The van der Waals surface area contributed by atoms with E-state index in [9.17, 15) is 13.2 Å². The number of nitrogens with zero attached hydrogens (tertiary/aromatic N) is 1. The molecule has 3 aromatic rings. The van der Waals surface area contributed by atoms with E-state index in [-0.39, 0.29) is 10.8 Å². The molecule has 2 aromatic heterocycles. The highest BCUT2D eigenvalue weighted by Gasteiger charge is 2.23. The van der Waals surface area contributed by atoms with Crippen molar-refractivity contribution in [3.05, 3.63) is 62.8 Å². The van der Waals surface area contributed by atoms with Crippen LogP contribution in [0.5, 0.6) is 0 Å². The topological polar surface area (TPSA) is 76.1 Å². The fraction of sp³-hybridized carbons (Fsp3) is 0.176. The van der Waals surface area contributed by atoms with Gasteiger partial charge in [-0.3, -0.25) is 4.79 Å². The first-order chi connectivity index (χ1) is 12.3. The minimum absolute atomic E-state index is 0.212. The molecule has 1 aromatic carbocycles. The maximum absolute atomic E-state index is 12.8. The second kappa shape index (κ2) is 7.87. The van der Waals surface area contributed by atoms with Crippen LogP contribution in [0, 0.1) is 0 Å². The van der Waals surface area contributed by atoms with Crippen LogP contribution in [0.2, 0.25) is 4.34 Å². The van der Waals surface area contributed by atoms with E-state index in [1.165, 1.54) is 29.7 Å². The Hall–Kier alpha value is -1.74. The number of thiophene rings is 1. The third-order valence-corrected chi connectivity index (χ3v) is 6.78. The fourth-order valence-electron chi connectivity index (χ4n) is 2.44. The first-order valence-corrected chi connectivity index (χ1v) is 11.5. The molecule has 0 aliphatic heterocycles. The minimum atomic E-state index is -3.28. The third kappa shape index (κ3) is 4.70. The van der Waals surface area contributed by atoms with Crippen molar-refractivity contribution >= 4 is 55.2 Å². The van der Waals surface area contributed by atoms with Crippen LogP contribution in [0.4, 0.5) is 5.13 Å².